The molecular weight excluding hydrogens is 360 g/mol. The van der Waals surface area contributed by atoms with Gasteiger partial charge in [-0.1, -0.05) is 18.2 Å². The topological polar surface area (TPSA) is 59.6 Å². The van der Waals surface area contributed by atoms with Crippen molar-refractivity contribution in [2.45, 2.75) is 32.8 Å². The Morgan fingerprint density at radius 3 is 2.67 bits per heavy atom. The van der Waals surface area contributed by atoms with Gasteiger partial charge in [-0.2, -0.15) is 0 Å². The van der Waals surface area contributed by atoms with Crippen molar-refractivity contribution >= 4 is 29.0 Å². The lowest BCUT2D eigenvalue weighted by molar-refractivity contribution is 0.0601. The number of esters is 1. The van der Waals surface area contributed by atoms with Crippen molar-refractivity contribution in [3.63, 3.8) is 0 Å². The smallest absolute Gasteiger partial charge is 0.337 e. The molecule has 2 aromatic rings. The predicted molar refractivity (Wildman–Crippen MR) is 113 cm³/mol. The summed E-state index contributed by atoms with van der Waals surface area (Å²) in [5.41, 5.74) is 2.46. The van der Waals surface area contributed by atoms with E-state index in [2.05, 4.69) is 22.8 Å². The third kappa shape index (κ3) is 7.27. The van der Waals surface area contributed by atoms with E-state index in [1.807, 2.05) is 32.0 Å². The number of hydrogen-bond acceptors (Lipinski definition) is 4. The van der Waals surface area contributed by atoms with Crippen LogP contribution in [0.2, 0.25) is 0 Å². The summed E-state index contributed by atoms with van der Waals surface area (Å²) in [5.74, 6) is 0.527. The molecule has 144 valence electrons. The second-order valence-corrected chi connectivity index (χ2v) is 6.78. The van der Waals surface area contributed by atoms with E-state index in [0.29, 0.717) is 10.7 Å². The minimum Gasteiger partial charge on any atom is -0.491 e. The van der Waals surface area contributed by atoms with Gasteiger partial charge in [0.1, 0.15) is 5.75 Å². The Morgan fingerprint density at radius 2 is 1.93 bits per heavy atom. The van der Waals surface area contributed by atoms with Crippen LogP contribution in [0.1, 0.15) is 36.2 Å². The largest absolute Gasteiger partial charge is 0.491 e. The first-order valence-electron chi connectivity index (χ1n) is 8.96. The van der Waals surface area contributed by atoms with Gasteiger partial charge in [0.25, 0.3) is 0 Å². The highest BCUT2D eigenvalue weighted by Crippen LogP contribution is 2.16. The number of hydrogen-bond donors (Lipinski definition) is 2. The van der Waals surface area contributed by atoms with Gasteiger partial charge in [-0.15, -0.1) is 0 Å². The van der Waals surface area contributed by atoms with Crippen molar-refractivity contribution < 1.29 is 14.3 Å². The first-order chi connectivity index (χ1) is 13.0. The third-order valence-electron chi connectivity index (χ3n) is 3.74. The van der Waals surface area contributed by atoms with E-state index in [-0.39, 0.29) is 12.1 Å². The molecule has 2 rings (SSSR count). The molecule has 2 aromatic carbocycles. The van der Waals surface area contributed by atoms with Crippen LogP contribution in [0.25, 0.3) is 0 Å². The van der Waals surface area contributed by atoms with E-state index in [1.165, 1.54) is 12.7 Å². The van der Waals surface area contributed by atoms with Crippen LogP contribution in [0.5, 0.6) is 5.75 Å². The van der Waals surface area contributed by atoms with Crippen molar-refractivity contribution in [3.05, 3.63) is 59.7 Å². The van der Waals surface area contributed by atoms with Crippen LogP contribution in [0, 0.1) is 0 Å². The molecule has 0 saturated heterocycles. The van der Waals surface area contributed by atoms with Gasteiger partial charge in [-0.25, -0.2) is 4.79 Å². The molecule has 6 heteroatoms. The molecule has 0 fully saturated rings. The molecule has 0 spiro atoms. The number of thiocarbonyl (C=S) groups is 1. The predicted octanol–water partition coefficient (Wildman–Crippen LogP) is 4.18. The number of anilines is 1. The van der Waals surface area contributed by atoms with Crippen LogP contribution in [-0.4, -0.2) is 30.8 Å². The van der Waals surface area contributed by atoms with Gasteiger partial charge in [0.15, 0.2) is 5.11 Å². The molecule has 0 unspecified atom stereocenters. The fraction of sp³-hybridized carbons (Fsp3) is 0.333. The lowest BCUT2D eigenvalue weighted by Crippen LogP contribution is -2.29. The van der Waals surface area contributed by atoms with Crippen LogP contribution in [-0.2, 0) is 11.2 Å². The van der Waals surface area contributed by atoms with E-state index >= 15 is 0 Å². The Balaban J connectivity index is 1.76. The zero-order valence-electron chi connectivity index (χ0n) is 16.0. The van der Waals surface area contributed by atoms with E-state index < -0.39 is 0 Å². The molecule has 0 atom stereocenters. The first kappa shape index (κ1) is 20.7. The summed E-state index contributed by atoms with van der Waals surface area (Å²) in [6, 6.07) is 15.2. The summed E-state index contributed by atoms with van der Waals surface area (Å²) < 4.78 is 10.4. The van der Waals surface area contributed by atoms with Crippen LogP contribution in [0.15, 0.2) is 48.5 Å². The number of aryl methyl sites for hydroxylation is 1. The molecule has 0 heterocycles. The summed E-state index contributed by atoms with van der Waals surface area (Å²) in [7, 11) is 1.36. The molecular formula is C21H26N2O3S. The van der Waals surface area contributed by atoms with Gasteiger partial charge in [-0.05, 0) is 74.8 Å². The third-order valence-corrected chi connectivity index (χ3v) is 3.99. The van der Waals surface area contributed by atoms with Crippen LogP contribution in [0.3, 0.4) is 0 Å². The number of carbonyl (C=O) groups is 1. The number of ether oxygens (including phenoxy) is 2. The lowest BCUT2D eigenvalue weighted by Gasteiger charge is -2.12. The fourth-order valence-corrected chi connectivity index (χ4v) is 2.78. The highest BCUT2D eigenvalue weighted by atomic mass is 32.1. The van der Waals surface area contributed by atoms with E-state index in [4.69, 9.17) is 21.7 Å². The molecule has 0 aliphatic heterocycles. The minimum atomic E-state index is -0.374. The molecule has 0 radical (unpaired) electrons. The van der Waals surface area contributed by atoms with Gasteiger partial charge < -0.3 is 20.1 Å². The maximum Gasteiger partial charge on any atom is 0.337 e. The molecule has 0 aliphatic carbocycles. The maximum absolute atomic E-state index is 11.6. The lowest BCUT2D eigenvalue weighted by atomic mass is 10.1. The highest BCUT2D eigenvalue weighted by Gasteiger charge is 2.06. The number of carbonyl (C=O) groups excluding carboxylic acids is 1. The van der Waals surface area contributed by atoms with Crippen molar-refractivity contribution in [3.8, 4) is 5.75 Å². The van der Waals surface area contributed by atoms with Crippen molar-refractivity contribution in [2.75, 3.05) is 19.0 Å². The summed E-state index contributed by atoms with van der Waals surface area (Å²) in [6.45, 7) is 4.79. The Labute approximate surface area is 166 Å². The molecule has 0 bridgehead atoms. The highest BCUT2D eigenvalue weighted by molar-refractivity contribution is 7.80. The molecule has 0 aromatic heterocycles. The van der Waals surface area contributed by atoms with Crippen molar-refractivity contribution in [2.24, 2.45) is 0 Å². The van der Waals surface area contributed by atoms with E-state index in [1.54, 1.807) is 18.2 Å². The van der Waals surface area contributed by atoms with Gasteiger partial charge in [0.2, 0.25) is 0 Å². The number of rotatable bonds is 8. The van der Waals surface area contributed by atoms with Gasteiger partial charge in [0.05, 0.1) is 18.8 Å². The summed E-state index contributed by atoms with van der Waals surface area (Å²) >= 11 is 5.31. The summed E-state index contributed by atoms with van der Waals surface area (Å²) in [5, 5.41) is 6.79. The van der Waals surface area contributed by atoms with Gasteiger partial charge >= 0.3 is 5.97 Å². The minimum absolute atomic E-state index is 0.169. The molecule has 5 nitrogen and oxygen atoms in total. The molecule has 0 amide bonds. The second kappa shape index (κ2) is 10.5. The zero-order valence-corrected chi connectivity index (χ0v) is 16.8. The average Bonchev–Trinajstić information content (AvgIpc) is 2.64. The number of nitrogens with one attached hydrogen (secondary N) is 2. The van der Waals surface area contributed by atoms with Crippen LogP contribution < -0.4 is 15.4 Å². The van der Waals surface area contributed by atoms with Crippen LogP contribution >= 0.6 is 12.2 Å². The molecule has 2 N–H and O–H groups in total. The van der Waals surface area contributed by atoms with Crippen LogP contribution in [0.4, 0.5) is 5.69 Å². The van der Waals surface area contributed by atoms with Crippen molar-refractivity contribution in [1.29, 1.82) is 0 Å². The SMILES string of the molecule is COC(=O)c1cccc(NC(=S)NCCCc2cccc(OC(C)C)c2)c1. The van der Waals surface area contributed by atoms with E-state index in [0.717, 1.165) is 30.8 Å². The monoisotopic (exact) mass is 386 g/mol. The van der Waals surface area contributed by atoms with Gasteiger partial charge in [0, 0.05) is 12.2 Å². The standard InChI is InChI=1S/C21H26N2O3S/c1-15(2)26-19-11-4-7-16(13-19)8-6-12-22-21(27)23-18-10-5-9-17(14-18)20(24)25-3/h4-5,7,9-11,13-15H,6,8,12H2,1-3H3,(H2,22,23,27). The maximum atomic E-state index is 11.6. The normalized spacial score (nSPS) is 10.4. The number of methoxy groups -OCH3 is 1. The fourth-order valence-electron chi connectivity index (χ4n) is 2.56. The molecule has 27 heavy (non-hydrogen) atoms. The summed E-state index contributed by atoms with van der Waals surface area (Å²) in [6.07, 6.45) is 2.04. The molecule has 0 saturated carbocycles. The molecule has 0 aliphatic rings. The average molecular weight is 387 g/mol. The number of benzene rings is 2. The summed E-state index contributed by atoms with van der Waals surface area (Å²) in [4.78, 5) is 11.6. The Kier molecular flexibility index (Phi) is 8.07. The Hall–Kier alpha value is -2.60. The van der Waals surface area contributed by atoms with E-state index in [9.17, 15) is 4.79 Å². The quantitative estimate of drug-likeness (QED) is 0.403. The van der Waals surface area contributed by atoms with Crippen molar-refractivity contribution in [1.82, 2.24) is 5.32 Å². The van der Waals surface area contributed by atoms with Gasteiger partial charge in [-0.3, -0.25) is 0 Å². The second-order valence-electron chi connectivity index (χ2n) is 6.37. The Morgan fingerprint density at radius 1 is 1.15 bits per heavy atom. The Bertz CT molecular complexity index is 778. The first-order valence-corrected chi connectivity index (χ1v) is 9.37. The zero-order chi connectivity index (χ0) is 19.6.